The van der Waals surface area contributed by atoms with Crippen LogP contribution < -0.4 is 10.6 Å². The zero-order chi connectivity index (χ0) is 11.8. The van der Waals surface area contributed by atoms with Gasteiger partial charge in [0.2, 0.25) is 0 Å². The number of hydrogen-bond acceptors (Lipinski definition) is 2. The maximum Gasteiger partial charge on any atom is 0.123 e. The van der Waals surface area contributed by atoms with Crippen molar-refractivity contribution < 1.29 is 4.39 Å². The van der Waals surface area contributed by atoms with Gasteiger partial charge in [-0.25, -0.2) is 4.39 Å². The minimum Gasteiger partial charge on any atom is -0.315 e. The topological polar surface area (TPSA) is 24.1 Å². The van der Waals surface area contributed by atoms with Crippen molar-refractivity contribution in [3.05, 3.63) is 35.6 Å². The summed E-state index contributed by atoms with van der Waals surface area (Å²) in [5.41, 5.74) is 0.990. The Morgan fingerprint density at radius 2 is 1.94 bits per heavy atom. The Kier molecular flexibility index (Phi) is 6.04. The molecule has 3 heteroatoms. The number of nitrogens with one attached hydrogen (secondary N) is 2. The van der Waals surface area contributed by atoms with Gasteiger partial charge in [-0.05, 0) is 30.2 Å². The molecular weight excluding hydrogens is 203 g/mol. The Hall–Kier alpha value is -0.930. The van der Waals surface area contributed by atoms with E-state index in [2.05, 4.69) is 24.5 Å². The Bertz CT molecular complexity index is 300. The molecule has 0 radical (unpaired) electrons. The molecule has 0 fully saturated rings. The van der Waals surface area contributed by atoms with Crippen LogP contribution in [0.25, 0.3) is 0 Å². The normalized spacial score (nSPS) is 11.0. The number of halogens is 1. The largest absolute Gasteiger partial charge is 0.315 e. The molecule has 0 aliphatic heterocycles. The fraction of sp³-hybridized carbons (Fsp3) is 0.538. The van der Waals surface area contributed by atoms with Crippen molar-refractivity contribution in [2.45, 2.75) is 20.4 Å². The lowest BCUT2D eigenvalue weighted by atomic mass is 10.2. The van der Waals surface area contributed by atoms with Gasteiger partial charge in [-0.3, -0.25) is 0 Å². The van der Waals surface area contributed by atoms with E-state index in [9.17, 15) is 4.39 Å². The van der Waals surface area contributed by atoms with Gasteiger partial charge in [0.15, 0.2) is 0 Å². The molecule has 0 unspecified atom stereocenters. The van der Waals surface area contributed by atoms with E-state index in [4.69, 9.17) is 0 Å². The van der Waals surface area contributed by atoms with Crippen LogP contribution in [-0.4, -0.2) is 19.6 Å². The third-order valence-electron chi connectivity index (χ3n) is 2.25. The molecule has 0 aliphatic rings. The molecule has 0 saturated carbocycles. The smallest absolute Gasteiger partial charge is 0.123 e. The van der Waals surface area contributed by atoms with E-state index in [0.29, 0.717) is 5.92 Å². The zero-order valence-electron chi connectivity index (χ0n) is 10.1. The maximum absolute atomic E-state index is 12.8. The first-order valence-electron chi connectivity index (χ1n) is 5.84. The van der Waals surface area contributed by atoms with E-state index in [1.165, 1.54) is 6.07 Å². The summed E-state index contributed by atoms with van der Waals surface area (Å²) in [5.74, 6) is 0.514. The van der Waals surface area contributed by atoms with Crippen molar-refractivity contribution in [2.24, 2.45) is 5.92 Å². The maximum atomic E-state index is 12.8. The molecule has 2 nitrogen and oxygen atoms in total. The highest BCUT2D eigenvalue weighted by Gasteiger charge is 1.95. The summed E-state index contributed by atoms with van der Waals surface area (Å²) >= 11 is 0. The fourth-order valence-electron chi connectivity index (χ4n) is 1.45. The van der Waals surface area contributed by atoms with Crippen LogP contribution >= 0.6 is 0 Å². The van der Waals surface area contributed by atoms with Crippen molar-refractivity contribution >= 4 is 0 Å². The number of benzene rings is 1. The van der Waals surface area contributed by atoms with Crippen molar-refractivity contribution in [3.63, 3.8) is 0 Å². The predicted molar refractivity (Wildman–Crippen MR) is 65.8 cm³/mol. The van der Waals surface area contributed by atoms with Crippen LogP contribution in [-0.2, 0) is 6.54 Å². The Morgan fingerprint density at radius 3 is 2.62 bits per heavy atom. The quantitative estimate of drug-likeness (QED) is 0.694. The van der Waals surface area contributed by atoms with Gasteiger partial charge in [0.05, 0.1) is 0 Å². The van der Waals surface area contributed by atoms with Crippen molar-refractivity contribution in [1.29, 1.82) is 0 Å². The summed E-state index contributed by atoms with van der Waals surface area (Å²) in [5, 5.41) is 6.62. The average molecular weight is 224 g/mol. The molecule has 1 aromatic carbocycles. The van der Waals surface area contributed by atoms with Crippen LogP contribution in [0.4, 0.5) is 4.39 Å². The van der Waals surface area contributed by atoms with E-state index < -0.39 is 0 Å². The first-order valence-corrected chi connectivity index (χ1v) is 5.84. The van der Waals surface area contributed by atoms with Crippen LogP contribution in [0, 0.1) is 11.7 Å². The van der Waals surface area contributed by atoms with Crippen LogP contribution in [0.2, 0.25) is 0 Å². The van der Waals surface area contributed by atoms with Gasteiger partial charge in [0, 0.05) is 19.6 Å². The van der Waals surface area contributed by atoms with Crippen molar-refractivity contribution in [2.75, 3.05) is 19.6 Å². The summed E-state index contributed by atoms with van der Waals surface area (Å²) in [6, 6.07) is 6.70. The molecular formula is C13H21FN2. The van der Waals surface area contributed by atoms with Crippen LogP contribution in [0.15, 0.2) is 24.3 Å². The highest BCUT2D eigenvalue weighted by molar-refractivity contribution is 5.15. The Morgan fingerprint density at radius 1 is 1.19 bits per heavy atom. The molecule has 0 aliphatic carbocycles. The standard InChI is InChI=1S/C13H21FN2/c1-11(2)9-15-6-7-16-10-12-4-3-5-13(14)8-12/h3-5,8,11,15-16H,6-7,9-10H2,1-2H3. The zero-order valence-corrected chi connectivity index (χ0v) is 10.1. The minimum absolute atomic E-state index is 0.169. The third-order valence-corrected chi connectivity index (χ3v) is 2.25. The predicted octanol–water partition coefficient (Wildman–Crippen LogP) is 2.16. The number of rotatable bonds is 7. The van der Waals surface area contributed by atoms with Crippen molar-refractivity contribution in [3.8, 4) is 0 Å². The second-order valence-corrected chi connectivity index (χ2v) is 4.40. The summed E-state index contributed by atoms with van der Waals surface area (Å²) in [4.78, 5) is 0. The highest BCUT2D eigenvalue weighted by Crippen LogP contribution is 2.02. The van der Waals surface area contributed by atoms with Gasteiger partial charge in [-0.1, -0.05) is 26.0 Å². The first-order chi connectivity index (χ1) is 7.68. The van der Waals surface area contributed by atoms with Gasteiger partial charge in [0.25, 0.3) is 0 Å². The molecule has 1 aromatic rings. The second kappa shape index (κ2) is 7.36. The number of hydrogen-bond donors (Lipinski definition) is 2. The second-order valence-electron chi connectivity index (χ2n) is 4.40. The lowest BCUT2D eigenvalue weighted by Gasteiger charge is -2.08. The molecule has 0 bridgehead atoms. The Labute approximate surface area is 97.3 Å². The van der Waals surface area contributed by atoms with E-state index >= 15 is 0 Å². The van der Waals surface area contributed by atoms with E-state index in [1.807, 2.05) is 6.07 Å². The SMILES string of the molecule is CC(C)CNCCNCc1cccc(F)c1. The van der Waals surface area contributed by atoms with E-state index in [1.54, 1.807) is 12.1 Å². The first kappa shape index (κ1) is 13.1. The molecule has 0 atom stereocenters. The molecule has 16 heavy (non-hydrogen) atoms. The van der Waals surface area contributed by atoms with Gasteiger partial charge < -0.3 is 10.6 Å². The monoisotopic (exact) mass is 224 g/mol. The van der Waals surface area contributed by atoms with Gasteiger partial charge >= 0.3 is 0 Å². The van der Waals surface area contributed by atoms with E-state index in [-0.39, 0.29) is 5.82 Å². The summed E-state index contributed by atoms with van der Waals surface area (Å²) in [6.45, 7) is 8.00. The van der Waals surface area contributed by atoms with Crippen LogP contribution in [0.3, 0.4) is 0 Å². The molecule has 2 N–H and O–H groups in total. The third kappa shape index (κ3) is 5.83. The summed E-state index contributed by atoms with van der Waals surface area (Å²) in [6.07, 6.45) is 0. The molecule has 0 heterocycles. The highest BCUT2D eigenvalue weighted by atomic mass is 19.1. The summed E-state index contributed by atoms with van der Waals surface area (Å²) < 4.78 is 12.8. The average Bonchev–Trinajstić information content (AvgIpc) is 2.23. The molecule has 0 aromatic heterocycles. The lowest BCUT2D eigenvalue weighted by Crippen LogP contribution is -2.29. The van der Waals surface area contributed by atoms with E-state index in [0.717, 1.165) is 31.7 Å². The molecule has 90 valence electrons. The molecule has 1 rings (SSSR count). The van der Waals surface area contributed by atoms with Crippen LogP contribution in [0.5, 0.6) is 0 Å². The van der Waals surface area contributed by atoms with Crippen LogP contribution in [0.1, 0.15) is 19.4 Å². The summed E-state index contributed by atoms with van der Waals surface area (Å²) in [7, 11) is 0. The van der Waals surface area contributed by atoms with Gasteiger partial charge in [-0.15, -0.1) is 0 Å². The molecule has 0 amide bonds. The molecule has 0 saturated heterocycles. The minimum atomic E-state index is -0.169. The van der Waals surface area contributed by atoms with Crippen molar-refractivity contribution in [1.82, 2.24) is 10.6 Å². The lowest BCUT2D eigenvalue weighted by molar-refractivity contribution is 0.535. The molecule has 0 spiro atoms. The van der Waals surface area contributed by atoms with Gasteiger partial charge in [0.1, 0.15) is 5.82 Å². The Balaban J connectivity index is 2.07. The van der Waals surface area contributed by atoms with Gasteiger partial charge in [-0.2, -0.15) is 0 Å². The fourth-order valence-corrected chi connectivity index (χ4v) is 1.45.